The molecule has 14 heavy (non-hydrogen) atoms. The van der Waals surface area contributed by atoms with Crippen LogP contribution in [0.5, 0.6) is 0 Å². The number of carboxylic acids is 1. The van der Waals surface area contributed by atoms with Gasteiger partial charge in [-0.15, -0.1) is 0 Å². The summed E-state index contributed by atoms with van der Waals surface area (Å²) in [5.41, 5.74) is 0. The highest BCUT2D eigenvalue weighted by Crippen LogP contribution is 2.19. The molecule has 1 N–H and O–H groups in total. The van der Waals surface area contributed by atoms with E-state index in [-0.39, 0.29) is 6.10 Å². The molecule has 0 spiro atoms. The molecule has 4 nitrogen and oxygen atoms in total. The zero-order valence-electron chi connectivity index (χ0n) is 9.06. The molecule has 3 atom stereocenters. The Labute approximate surface area is 84.8 Å². The standard InChI is InChI=1S/C10H19NO3/c1-7-4-5-9(14-7)6-11(3)8(2)10(12)13/h7-9H,4-6H2,1-3H3,(H,12,13). The van der Waals surface area contributed by atoms with Gasteiger partial charge in [0, 0.05) is 6.54 Å². The molecule has 0 aliphatic carbocycles. The highest BCUT2D eigenvalue weighted by atomic mass is 16.5. The predicted molar refractivity (Wildman–Crippen MR) is 53.3 cm³/mol. The second-order valence-electron chi connectivity index (χ2n) is 4.10. The van der Waals surface area contributed by atoms with E-state index < -0.39 is 12.0 Å². The third-order valence-electron chi connectivity index (χ3n) is 2.83. The molecule has 0 radical (unpaired) electrons. The normalized spacial score (nSPS) is 29.4. The van der Waals surface area contributed by atoms with E-state index in [1.54, 1.807) is 6.92 Å². The van der Waals surface area contributed by atoms with Gasteiger partial charge in [0.1, 0.15) is 6.04 Å². The van der Waals surface area contributed by atoms with Crippen LogP contribution in [-0.2, 0) is 9.53 Å². The molecule has 0 aromatic carbocycles. The summed E-state index contributed by atoms with van der Waals surface area (Å²) in [6, 6.07) is -0.436. The minimum Gasteiger partial charge on any atom is -0.480 e. The first-order chi connectivity index (χ1) is 6.50. The Hall–Kier alpha value is -0.610. The van der Waals surface area contributed by atoms with Crippen LogP contribution in [0.4, 0.5) is 0 Å². The molecule has 1 fully saturated rings. The molecule has 1 heterocycles. The maximum absolute atomic E-state index is 10.7. The summed E-state index contributed by atoms with van der Waals surface area (Å²) >= 11 is 0. The van der Waals surface area contributed by atoms with E-state index in [9.17, 15) is 4.79 Å². The maximum atomic E-state index is 10.7. The van der Waals surface area contributed by atoms with Gasteiger partial charge >= 0.3 is 5.97 Å². The highest BCUT2D eigenvalue weighted by molar-refractivity contribution is 5.72. The lowest BCUT2D eigenvalue weighted by molar-refractivity contribution is -0.142. The van der Waals surface area contributed by atoms with Crippen LogP contribution in [0.25, 0.3) is 0 Å². The summed E-state index contributed by atoms with van der Waals surface area (Å²) < 4.78 is 5.63. The molecule has 0 aromatic heterocycles. The van der Waals surface area contributed by atoms with Crippen molar-refractivity contribution in [3.05, 3.63) is 0 Å². The lowest BCUT2D eigenvalue weighted by Gasteiger charge is -2.24. The van der Waals surface area contributed by atoms with Crippen molar-refractivity contribution in [2.45, 2.75) is 44.9 Å². The fourth-order valence-corrected chi connectivity index (χ4v) is 1.69. The maximum Gasteiger partial charge on any atom is 0.320 e. The first-order valence-corrected chi connectivity index (χ1v) is 5.09. The third kappa shape index (κ3) is 2.96. The fraction of sp³-hybridized carbons (Fsp3) is 0.900. The van der Waals surface area contributed by atoms with Gasteiger partial charge in [-0.3, -0.25) is 9.69 Å². The number of hydrogen-bond donors (Lipinski definition) is 1. The van der Waals surface area contributed by atoms with Gasteiger partial charge in [0.2, 0.25) is 0 Å². The summed E-state index contributed by atoms with van der Waals surface area (Å²) in [7, 11) is 1.82. The molecular formula is C10H19NO3. The molecule has 0 amide bonds. The third-order valence-corrected chi connectivity index (χ3v) is 2.83. The quantitative estimate of drug-likeness (QED) is 0.736. The molecule has 1 aliphatic heterocycles. The van der Waals surface area contributed by atoms with E-state index in [4.69, 9.17) is 9.84 Å². The van der Waals surface area contributed by atoms with Gasteiger partial charge in [-0.05, 0) is 33.7 Å². The zero-order valence-corrected chi connectivity index (χ0v) is 9.06. The lowest BCUT2D eigenvalue weighted by atomic mass is 10.2. The Morgan fingerprint density at radius 3 is 2.71 bits per heavy atom. The topological polar surface area (TPSA) is 49.8 Å². The van der Waals surface area contributed by atoms with Crippen molar-refractivity contribution in [2.24, 2.45) is 0 Å². The number of carbonyl (C=O) groups is 1. The fourth-order valence-electron chi connectivity index (χ4n) is 1.69. The number of nitrogens with zero attached hydrogens (tertiary/aromatic N) is 1. The monoisotopic (exact) mass is 201 g/mol. The Kier molecular flexibility index (Phi) is 3.89. The molecule has 82 valence electrons. The van der Waals surface area contributed by atoms with Crippen molar-refractivity contribution in [1.82, 2.24) is 4.90 Å². The van der Waals surface area contributed by atoms with Crippen LogP contribution in [0, 0.1) is 0 Å². The van der Waals surface area contributed by atoms with E-state index in [2.05, 4.69) is 6.92 Å². The molecule has 4 heteroatoms. The number of rotatable bonds is 4. The van der Waals surface area contributed by atoms with Gasteiger partial charge in [0.15, 0.2) is 0 Å². The Morgan fingerprint density at radius 1 is 1.64 bits per heavy atom. The lowest BCUT2D eigenvalue weighted by Crippen LogP contribution is -2.40. The van der Waals surface area contributed by atoms with Crippen LogP contribution in [0.1, 0.15) is 26.7 Å². The summed E-state index contributed by atoms with van der Waals surface area (Å²) in [5, 5.41) is 8.80. The summed E-state index contributed by atoms with van der Waals surface area (Å²) in [6.45, 7) is 4.46. The molecule has 0 bridgehead atoms. The summed E-state index contributed by atoms with van der Waals surface area (Å²) in [4.78, 5) is 12.5. The van der Waals surface area contributed by atoms with Gasteiger partial charge < -0.3 is 9.84 Å². The summed E-state index contributed by atoms with van der Waals surface area (Å²) in [6.07, 6.45) is 2.66. The number of likely N-dealkylation sites (N-methyl/N-ethyl adjacent to an activating group) is 1. The van der Waals surface area contributed by atoms with E-state index >= 15 is 0 Å². The van der Waals surface area contributed by atoms with Gasteiger partial charge in [0.25, 0.3) is 0 Å². The predicted octanol–water partition coefficient (Wildman–Crippen LogP) is 0.959. The molecular weight excluding hydrogens is 182 g/mol. The van der Waals surface area contributed by atoms with Crippen LogP contribution in [0.2, 0.25) is 0 Å². The largest absolute Gasteiger partial charge is 0.480 e. The van der Waals surface area contributed by atoms with Gasteiger partial charge in [-0.1, -0.05) is 0 Å². The zero-order chi connectivity index (χ0) is 10.7. The van der Waals surface area contributed by atoms with Gasteiger partial charge in [0.05, 0.1) is 12.2 Å². The minimum absolute atomic E-state index is 0.205. The Balaban J connectivity index is 2.33. The first kappa shape index (κ1) is 11.5. The van der Waals surface area contributed by atoms with E-state index in [0.29, 0.717) is 12.6 Å². The molecule has 0 aromatic rings. The highest BCUT2D eigenvalue weighted by Gasteiger charge is 2.26. The number of ether oxygens (including phenoxy) is 1. The molecule has 1 aliphatic rings. The SMILES string of the molecule is CC1CCC(CN(C)C(C)C(=O)O)O1. The second kappa shape index (κ2) is 4.75. The molecule has 1 saturated heterocycles. The van der Waals surface area contributed by atoms with Crippen molar-refractivity contribution < 1.29 is 14.6 Å². The van der Waals surface area contributed by atoms with Gasteiger partial charge in [-0.2, -0.15) is 0 Å². The second-order valence-corrected chi connectivity index (χ2v) is 4.10. The van der Waals surface area contributed by atoms with Crippen molar-refractivity contribution in [3.63, 3.8) is 0 Å². The van der Waals surface area contributed by atoms with Crippen LogP contribution in [0.3, 0.4) is 0 Å². The van der Waals surface area contributed by atoms with Gasteiger partial charge in [-0.25, -0.2) is 0 Å². The minimum atomic E-state index is -0.779. The summed E-state index contributed by atoms with van der Waals surface area (Å²) in [5.74, 6) is -0.779. The Morgan fingerprint density at radius 2 is 2.29 bits per heavy atom. The van der Waals surface area contributed by atoms with E-state index in [1.807, 2.05) is 11.9 Å². The van der Waals surface area contributed by atoms with Crippen LogP contribution in [-0.4, -0.2) is 47.8 Å². The van der Waals surface area contributed by atoms with Crippen molar-refractivity contribution in [3.8, 4) is 0 Å². The van der Waals surface area contributed by atoms with E-state index in [1.165, 1.54) is 0 Å². The first-order valence-electron chi connectivity index (χ1n) is 5.09. The molecule has 3 unspecified atom stereocenters. The van der Waals surface area contributed by atoms with Crippen molar-refractivity contribution >= 4 is 5.97 Å². The molecule has 1 rings (SSSR count). The van der Waals surface area contributed by atoms with Crippen molar-refractivity contribution in [2.75, 3.05) is 13.6 Å². The van der Waals surface area contributed by atoms with E-state index in [0.717, 1.165) is 12.8 Å². The molecule has 0 saturated carbocycles. The smallest absolute Gasteiger partial charge is 0.320 e. The number of aliphatic carboxylic acids is 1. The van der Waals surface area contributed by atoms with Crippen LogP contribution in [0.15, 0.2) is 0 Å². The average molecular weight is 201 g/mol. The Bertz CT molecular complexity index is 208. The van der Waals surface area contributed by atoms with Crippen LogP contribution >= 0.6 is 0 Å². The van der Waals surface area contributed by atoms with Crippen molar-refractivity contribution in [1.29, 1.82) is 0 Å². The van der Waals surface area contributed by atoms with Crippen LogP contribution < -0.4 is 0 Å². The number of hydrogen-bond acceptors (Lipinski definition) is 3. The average Bonchev–Trinajstić information content (AvgIpc) is 2.49. The number of carboxylic acid groups (broad SMARTS) is 1.